The minimum Gasteiger partial charge on any atom is -0.481 e. The van der Waals surface area contributed by atoms with E-state index in [2.05, 4.69) is 35.9 Å². The van der Waals surface area contributed by atoms with Gasteiger partial charge in [-0.1, -0.05) is 12.1 Å². The molecular formula is C32H42N8O11. The van der Waals surface area contributed by atoms with Gasteiger partial charge in [0.15, 0.2) is 11.2 Å². The van der Waals surface area contributed by atoms with Crippen molar-refractivity contribution in [1.82, 2.24) is 30.6 Å². The van der Waals surface area contributed by atoms with Gasteiger partial charge in [-0.3, -0.25) is 29.0 Å². The molecule has 8 N–H and O–H groups in total. The predicted octanol–water partition coefficient (Wildman–Crippen LogP) is 0.251. The molecule has 0 aliphatic heterocycles. The average Bonchev–Trinajstić information content (AvgIpc) is 3.10. The van der Waals surface area contributed by atoms with Crippen molar-refractivity contribution in [3.8, 4) is 0 Å². The summed E-state index contributed by atoms with van der Waals surface area (Å²) >= 11 is 0. The Kier molecular flexibility index (Phi) is 16.8. The lowest BCUT2D eigenvalue weighted by atomic mass is 10.1. The number of nitrogens with one attached hydrogen (secondary N) is 4. The zero-order valence-corrected chi connectivity index (χ0v) is 27.9. The van der Waals surface area contributed by atoms with Gasteiger partial charge in [-0.15, -0.1) is 0 Å². The summed E-state index contributed by atoms with van der Waals surface area (Å²) < 4.78 is 16.1. The van der Waals surface area contributed by atoms with Crippen molar-refractivity contribution >= 4 is 52.5 Å². The monoisotopic (exact) mass is 714 g/mol. The van der Waals surface area contributed by atoms with Crippen LogP contribution in [0.3, 0.4) is 0 Å². The first-order chi connectivity index (χ1) is 24.5. The highest BCUT2D eigenvalue weighted by Gasteiger charge is 2.22. The largest absolute Gasteiger partial charge is 0.481 e. The maximum absolute atomic E-state index is 12.7. The van der Waals surface area contributed by atoms with Gasteiger partial charge in [0, 0.05) is 44.5 Å². The number of amides is 2. The van der Waals surface area contributed by atoms with Gasteiger partial charge in [0.1, 0.15) is 17.6 Å². The van der Waals surface area contributed by atoms with Gasteiger partial charge in [-0.2, -0.15) is 4.98 Å². The number of benzene rings is 1. The minimum atomic E-state index is -1.25. The number of carboxylic acid groups (broad SMARTS) is 2. The third kappa shape index (κ3) is 15.3. The van der Waals surface area contributed by atoms with Crippen LogP contribution in [0, 0.1) is 0 Å². The van der Waals surface area contributed by atoms with Crippen LogP contribution in [-0.2, 0) is 39.9 Å². The highest BCUT2D eigenvalue weighted by Crippen LogP contribution is 2.11. The van der Waals surface area contributed by atoms with E-state index < -0.39 is 29.4 Å². The lowest BCUT2D eigenvalue weighted by Crippen LogP contribution is -2.41. The highest BCUT2D eigenvalue weighted by atomic mass is 16.5. The number of aromatic amines is 1. The third-order valence-electron chi connectivity index (χ3n) is 7.06. The fraction of sp³-hybridized carbons (Fsp3) is 0.469. The summed E-state index contributed by atoms with van der Waals surface area (Å²) in [6.45, 7) is 2.42. The SMILES string of the molecule is Nc1nc2ncc(NCc3ccc(C(=O)NC(CCC(=O)CCCOCCOCCOCCNC(=O)CCC(=O)O)C(=O)O)cc3)nc2c(=O)[nH]1. The number of ether oxygens (including phenoxy) is 3. The molecule has 1 atom stereocenters. The smallest absolute Gasteiger partial charge is 0.326 e. The molecule has 1 aromatic carbocycles. The summed E-state index contributed by atoms with van der Waals surface area (Å²) in [5, 5.41) is 26.2. The maximum Gasteiger partial charge on any atom is 0.326 e. The van der Waals surface area contributed by atoms with Crippen LogP contribution in [-0.4, -0.2) is 112 Å². The van der Waals surface area contributed by atoms with Gasteiger partial charge in [-0.25, -0.2) is 14.8 Å². The number of aromatic nitrogens is 4. The van der Waals surface area contributed by atoms with Crippen LogP contribution < -0.4 is 27.2 Å². The topological polar surface area (TPSA) is 287 Å². The van der Waals surface area contributed by atoms with Crippen LogP contribution in [0.2, 0.25) is 0 Å². The van der Waals surface area contributed by atoms with E-state index in [4.69, 9.17) is 25.1 Å². The third-order valence-corrected chi connectivity index (χ3v) is 7.06. The molecule has 51 heavy (non-hydrogen) atoms. The Balaban J connectivity index is 1.24. The number of fused-ring (bicyclic) bond motifs is 1. The normalized spacial score (nSPS) is 11.5. The van der Waals surface area contributed by atoms with E-state index >= 15 is 0 Å². The average molecular weight is 715 g/mol. The van der Waals surface area contributed by atoms with Crippen LogP contribution in [0.4, 0.5) is 11.8 Å². The van der Waals surface area contributed by atoms with E-state index in [9.17, 15) is 33.9 Å². The molecule has 1 unspecified atom stereocenters. The number of nitrogens with zero attached hydrogens (tertiary/aromatic N) is 3. The number of ketones is 1. The van der Waals surface area contributed by atoms with Crippen LogP contribution in [0.15, 0.2) is 35.3 Å². The molecule has 0 radical (unpaired) electrons. The molecule has 19 nitrogen and oxygen atoms in total. The Hall–Kier alpha value is -5.53. The Morgan fingerprint density at radius 1 is 0.863 bits per heavy atom. The molecule has 3 rings (SSSR count). The molecule has 2 aromatic heterocycles. The number of nitrogens with two attached hydrogens (primary N) is 1. The van der Waals surface area contributed by atoms with Gasteiger partial charge < -0.3 is 46.1 Å². The van der Waals surface area contributed by atoms with E-state index in [0.29, 0.717) is 51.8 Å². The van der Waals surface area contributed by atoms with Gasteiger partial charge in [0.05, 0.1) is 45.7 Å². The summed E-state index contributed by atoms with van der Waals surface area (Å²) in [5.41, 5.74) is 6.15. The first-order valence-corrected chi connectivity index (χ1v) is 16.1. The van der Waals surface area contributed by atoms with Gasteiger partial charge in [0.25, 0.3) is 11.5 Å². The van der Waals surface area contributed by atoms with Crippen molar-refractivity contribution in [1.29, 1.82) is 0 Å². The van der Waals surface area contributed by atoms with Crippen molar-refractivity contribution in [2.75, 3.05) is 57.2 Å². The summed E-state index contributed by atoms with van der Waals surface area (Å²) in [4.78, 5) is 85.2. The molecule has 0 fully saturated rings. The lowest BCUT2D eigenvalue weighted by molar-refractivity contribution is -0.140. The van der Waals surface area contributed by atoms with Crippen molar-refractivity contribution in [3.05, 3.63) is 51.9 Å². The quantitative estimate of drug-likeness (QED) is 0.0579. The Morgan fingerprint density at radius 3 is 2.24 bits per heavy atom. The number of hydrogen-bond donors (Lipinski definition) is 7. The molecule has 3 aromatic rings. The second-order valence-electron chi connectivity index (χ2n) is 11.1. The van der Waals surface area contributed by atoms with E-state index in [0.717, 1.165) is 5.56 Å². The van der Waals surface area contributed by atoms with E-state index in [1.54, 1.807) is 12.1 Å². The number of hydrogen-bond acceptors (Lipinski definition) is 14. The number of rotatable bonds is 25. The number of anilines is 2. The number of Topliss-reactive ketones (excluding diaryl/α,β-unsaturated/α-hetero) is 1. The van der Waals surface area contributed by atoms with Crippen LogP contribution >= 0.6 is 0 Å². The second-order valence-corrected chi connectivity index (χ2v) is 11.1. The standard InChI is InChI=1S/C32H42N8O11/c33-32-39-28-27(30(46)40-32)38-24(19-36-28)35-18-20-3-5-21(6-4-20)29(45)37-23(31(47)48)8-7-22(41)2-1-12-49-14-16-51-17-15-50-13-11-34-25(42)9-10-26(43)44/h3-6,19,23H,1-2,7-18H2,(H,34,42)(H,35,38)(H,37,45)(H,43,44)(H,47,48)(H3,33,36,39,40,46). The zero-order valence-electron chi connectivity index (χ0n) is 27.9. The number of H-pyrrole nitrogens is 1. The summed E-state index contributed by atoms with van der Waals surface area (Å²) in [7, 11) is 0. The fourth-order valence-corrected chi connectivity index (χ4v) is 4.40. The van der Waals surface area contributed by atoms with E-state index in [1.807, 2.05) is 0 Å². The number of carbonyl (C=O) groups excluding carboxylic acids is 3. The molecule has 0 aliphatic rings. The summed E-state index contributed by atoms with van der Waals surface area (Å²) in [6.07, 6.45) is 1.67. The molecule has 2 heterocycles. The highest BCUT2D eigenvalue weighted by molar-refractivity contribution is 5.96. The maximum atomic E-state index is 12.7. The van der Waals surface area contributed by atoms with Crippen molar-refractivity contribution < 1.29 is 48.4 Å². The fourth-order valence-electron chi connectivity index (χ4n) is 4.40. The molecule has 0 bridgehead atoms. The molecule has 19 heteroatoms. The van der Waals surface area contributed by atoms with Crippen molar-refractivity contribution in [3.63, 3.8) is 0 Å². The predicted molar refractivity (Wildman–Crippen MR) is 181 cm³/mol. The Morgan fingerprint density at radius 2 is 1.55 bits per heavy atom. The Bertz CT molecular complexity index is 1680. The van der Waals surface area contributed by atoms with E-state index in [-0.39, 0.29) is 79.6 Å². The molecule has 0 saturated carbocycles. The first-order valence-electron chi connectivity index (χ1n) is 16.1. The molecule has 0 spiro atoms. The van der Waals surface area contributed by atoms with Gasteiger partial charge >= 0.3 is 11.9 Å². The zero-order chi connectivity index (χ0) is 37.0. The van der Waals surface area contributed by atoms with E-state index in [1.165, 1.54) is 18.3 Å². The van der Waals surface area contributed by atoms with Crippen molar-refractivity contribution in [2.24, 2.45) is 0 Å². The molecule has 276 valence electrons. The van der Waals surface area contributed by atoms with Gasteiger partial charge in [-0.05, 0) is 30.5 Å². The Labute approximate surface area is 291 Å². The van der Waals surface area contributed by atoms with Crippen molar-refractivity contribution in [2.45, 2.75) is 51.1 Å². The molecule has 2 amide bonds. The minimum absolute atomic E-state index is 0.0238. The molecule has 0 saturated heterocycles. The van der Waals surface area contributed by atoms with Gasteiger partial charge in [0.2, 0.25) is 11.9 Å². The number of aliphatic carboxylic acids is 2. The first kappa shape index (κ1) is 39.9. The summed E-state index contributed by atoms with van der Waals surface area (Å²) in [6, 6.07) is 5.18. The van der Waals surface area contributed by atoms with Crippen LogP contribution in [0.5, 0.6) is 0 Å². The number of carbonyl (C=O) groups is 5. The number of carboxylic acids is 2. The molecular weight excluding hydrogens is 672 g/mol. The molecule has 0 aliphatic carbocycles. The van der Waals surface area contributed by atoms with Crippen LogP contribution in [0.1, 0.15) is 54.4 Å². The number of nitrogen functional groups attached to an aromatic ring is 1. The second kappa shape index (κ2) is 21.5. The summed E-state index contributed by atoms with van der Waals surface area (Å²) in [5.74, 6) is -3.11. The van der Waals surface area contributed by atoms with Crippen LogP contribution in [0.25, 0.3) is 11.2 Å². The lowest BCUT2D eigenvalue weighted by Gasteiger charge is -2.14.